The molecular formula is C17H23NO2S2. The summed E-state index contributed by atoms with van der Waals surface area (Å²) in [4.78, 5) is 17.2. The van der Waals surface area contributed by atoms with E-state index in [1.165, 1.54) is 27.7 Å². The summed E-state index contributed by atoms with van der Waals surface area (Å²) in [6.45, 7) is 4.64. The van der Waals surface area contributed by atoms with Gasteiger partial charge in [0, 0.05) is 10.7 Å². The van der Waals surface area contributed by atoms with Gasteiger partial charge >= 0.3 is 0 Å². The first-order valence-electron chi connectivity index (χ1n) is 7.57. The third-order valence-corrected chi connectivity index (χ3v) is 6.44. The minimum Gasteiger partial charge on any atom is -0.273 e. The van der Waals surface area contributed by atoms with E-state index in [0.29, 0.717) is 13.0 Å². The van der Waals surface area contributed by atoms with Crippen LogP contribution < -0.4 is 5.48 Å². The van der Waals surface area contributed by atoms with Crippen molar-refractivity contribution in [2.75, 3.05) is 11.5 Å². The topological polar surface area (TPSA) is 38.3 Å². The summed E-state index contributed by atoms with van der Waals surface area (Å²) in [7, 11) is 0. The van der Waals surface area contributed by atoms with Crippen LogP contribution in [0.4, 0.5) is 0 Å². The highest BCUT2D eigenvalue weighted by molar-refractivity contribution is 8.22. The highest BCUT2D eigenvalue weighted by Gasteiger charge is 2.17. The molecule has 0 saturated carbocycles. The Hall–Kier alpha value is -0.910. The van der Waals surface area contributed by atoms with Crippen molar-refractivity contribution in [3.05, 3.63) is 45.7 Å². The molecule has 0 aliphatic carbocycles. The molecule has 1 aromatic carbocycles. The average Bonchev–Trinajstić information content (AvgIpc) is 2.56. The predicted octanol–water partition coefficient (Wildman–Crippen LogP) is 4.36. The zero-order valence-electron chi connectivity index (χ0n) is 13.1. The van der Waals surface area contributed by atoms with Crippen LogP contribution in [0.5, 0.6) is 0 Å². The van der Waals surface area contributed by atoms with Gasteiger partial charge in [0.15, 0.2) is 0 Å². The summed E-state index contributed by atoms with van der Waals surface area (Å²) in [5.41, 5.74) is 4.92. The predicted molar refractivity (Wildman–Crippen MR) is 95.4 cm³/mol. The van der Waals surface area contributed by atoms with Crippen molar-refractivity contribution in [3.8, 4) is 0 Å². The first kappa shape index (κ1) is 17.4. The van der Waals surface area contributed by atoms with E-state index in [1.807, 2.05) is 53.9 Å². The van der Waals surface area contributed by atoms with E-state index in [4.69, 9.17) is 4.84 Å². The summed E-state index contributed by atoms with van der Waals surface area (Å²) in [6, 6.07) is 9.82. The molecule has 1 aromatic rings. The monoisotopic (exact) mass is 337 g/mol. The van der Waals surface area contributed by atoms with Crippen molar-refractivity contribution >= 4 is 29.4 Å². The van der Waals surface area contributed by atoms with Gasteiger partial charge in [-0.2, -0.15) is 0 Å². The smallest absolute Gasteiger partial charge is 0.244 e. The number of carbonyl (C=O) groups excluding carboxylic acids is 1. The van der Waals surface area contributed by atoms with Gasteiger partial charge in [0.1, 0.15) is 0 Å². The van der Waals surface area contributed by atoms with Gasteiger partial charge in [-0.25, -0.2) is 5.48 Å². The molecule has 1 unspecified atom stereocenters. The van der Waals surface area contributed by atoms with E-state index in [-0.39, 0.29) is 11.8 Å². The quantitative estimate of drug-likeness (QED) is 0.783. The fraction of sp³-hybridized carbons (Fsp3) is 0.471. The second-order valence-electron chi connectivity index (χ2n) is 5.43. The van der Waals surface area contributed by atoms with E-state index in [1.54, 1.807) is 0 Å². The molecule has 120 valence electrons. The SMILES string of the molecule is CC(=C1SCCCS1)C(C)CC(=O)NOCc1ccccc1. The van der Waals surface area contributed by atoms with E-state index >= 15 is 0 Å². The average molecular weight is 338 g/mol. The summed E-state index contributed by atoms with van der Waals surface area (Å²) < 4.78 is 1.40. The van der Waals surface area contributed by atoms with Gasteiger partial charge in [-0.05, 0) is 41.9 Å². The maximum absolute atomic E-state index is 12.0. The number of benzene rings is 1. The van der Waals surface area contributed by atoms with Gasteiger partial charge in [0.2, 0.25) is 5.91 Å². The highest BCUT2D eigenvalue weighted by Crippen LogP contribution is 2.39. The van der Waals surface area contributed by atoms with Crippen LogP contribution in [0, 0.1) is 5.92 Å². The van der Waals surface area contributed by atoms with Gasteiger partial charge in [0.05, 0.1) is 6.61 Å². The molecule has 0 spiro atoms. The van der Waals surface area contributed by atoms with Crippen LogP contribution in [0.2, 0.25) is 0 Å². The zero-order chi connectivity index (χ0) is 15.8. The normalized spacial score (nSPS) is 16.2. The first-order chi connectivity index (χ1) is 10.7. The summed E-state index contributed by atoms with van der Waals surface area (Å²) in [5.74, 6) is 2.57. The number of hydroxylamine groups is 1. The summed E-state index contributed by atoms with van der Waals surface area (Å²) in [5, 5.41) is 0. The summed E-state index contributed by atoms with van der Waals surface area (Å²) in [6.07, 6.45) is 1.74. The molecule has 1 atom stereocenters. The van der Waals surface area contributed by atoms with E-state index < -0.39 is 0 Å². The lowest BCUT2D eigenvalue weighted by molar-refractivity contribution is -0.135. The van der Waals surface area contributed by atoms with E-state index in [0.717, 1.165) is 5.56 Å². The Morgan fingerprint density at radius 2 is 1.95 bits per heavy atom. The Labute approximate surface area is 141 Å². The molecule has 1 N–H and O–H groups in total. The maximum atomic E-state index is 12.0. The third kappa shape index (κ3) is 5.71. The second kappa shape index (κ2) is 9.28. The van der Waals surface area contributed by atoms with Crippen LogP contribution >= 0.6 is 23.5 Å². The molecule has 0 radical (unpaired) electrons. The number of carbonyl (C=O) groups is 1. The lowest BCUT2D eigenvalue weighted by Gasteiger charge is -2.20. The number of rotatable bonds is 6. The minimum absolute atomic E-state index is 0.0609. The first-order valence-corrected chi connectivity index (χ1v) is 9.55. The van der Waals surface area contributed by atoms with Crippen LogP contribution in [-0.2, 0) is 16.2 Å². The van der Waals surface area contributed by atoms with Crippen molar-refractivity contribution < 1.29 is 9.63 Å². The lowest BCUT2D eigenvalue weighted by Crippen LogP contribution is -2.25. The number of nitrogens with one attached hydrogen (secondary N) is 1. The van der Waals surface area contributed by atoms with Crippen molar-refractivity contribution in [2.45, 2.75) is 33.3 Å². The Balaban J connectivity index is 1.74. The van der Waals surface area contributed by atoms with Gasteiger partial charge < -0.3 is 0 Å². The molecule has 1 fully saturated rings. The number of hydrogen-bond acceptors (Lipinski definition) is 4. The van der Waals surface area contributed by atoms with Crippen LogP contribution in [-0.4, -0.2) is 17.4 Å². The standard InChI is InChI=1S/C17H23NO2S2/c1-13(14(2)17-21-9-6-10-22-17)11-16(19)18-20-12-15-7-4-3-5-8-15/h3-5,7-8,13H,6,9-12H2,1-2H3,(H,18,19). The zero-order valence-corrected chi connectivity index (χ0v) is 14.8. The molecular weight excluding hydrogens is 314 g/mol. The molecule has 1 aliphatic rings. The van der Waals surface area contributed by atoms with Gasteiger partial charge in [-0.3, -0.25) is 9.63 Å². The molecule has 3 nitrogen and oxygen atoms in total. The fourth-order valence-electron chi connectivity index (χ4n) is 2.11. The molecule has 1 amide bonds. The highest BCUT2D eigenvalue weighted by atomic mass is 32.2. The number of allylic oxidation sites excluding steroid dienone is 1. The molecule has 5 heteroatoms. The lowest BCUT2D eigenvalue weighted by atomic mass is 10.0. The van der Waals surface area contributed by atoms with Crippen LogP contribution in [0.25, 0.3) is 0 Å². The van der Waals surface area contributed by atoms with Crippen molar-refractivity contribution in [2.24, 2.45) is 5.92 Å². The summed E-state index contributed by atoms with van der Waals surface area (Å²) >= 11 is 3.84. The third-order valence-electron chi connectivity index (χ3n) is 3.58. The van der Waals surface area contributed by atoms with Crippen molar-refractivity contribution in [1.82, 2.24) is 5.48 Å². The molecule has 1 saturated heterocycles. The second-order valence-corrected chi connectivity index (χ2v) is 7.89. The maximum Gasteiger partial charge on any atom is 0.244 e. The Morgan fingerprint density at radius 3 is 2.64 bits per heavy atom. The molecule has 22 heavy (non-hydrogen) atoms. The molecule has 0 bridgehead atoms. The Bertz CT molecular complexity index is 509. The Kier molecular flexibility index (Phi) is 7.36. The van der Waals surface area contributed by atoms with Crippen LogP contribution in [0.1, 0.15) is 32.3 Å². The van der Waals surface area contributed by atoms with Crippen molar-refractivity contribution in [3.63, 3.8) is 0 Å². The minimum atomic E-state index is -0.0609. The number of amides is 1. The van der Waals surface area contributed by atoms with Gasteiger partial charge in [-0.15, -0.1) is 23.5 Å². The fourth-order valence-corrected chi connectivity index (χ4v) is 4.93. The van der Waals surface area contributed by atoms with E-state index in [9.17, 15) is 4.79 Å². The van der Waals surface area contributed by atoms with Gasteiger partial charge in [-0.1, -0.05) is 37.3 Å². The molecule has 1 heterocycles. The molecule has 2 rings (SSSR count). The molecule has 0 aromatic heterocycles. The largest absolute Gasteiger partial charge is 0.273 e. The van der Waals surface area contributed by atoms with Crippen LogP contribution in [0.3, 0.4) is 0 Å². The van der Waals surface area contributed by atoms with Crippen LogP contribution in [0.15, 0.2) is 40.1 Å². The Morgan fingerprint density at radius 1 is 1.27 bits per heavy atom. The molecule has 1 aliphatic heterocycles. The van der Waals surface area contributed by atoms with E-state index in [2.05, 4.69) is 19.3 Å². The van der Waals surface area contributed by atoms with Gasteiger partial charge in [0.25, 0.3) is 0 Å². The number of hydrogen-bond donors (Lipinski definition) is 1. The van der Waals surface area contributed by atoms with Crippen molar-refractivity contribution in [1.29, 1.82) is 0 Å². The number of thioether (sulfide) groups is 2.